The highest BCUT2D eigenvalue weighted by atomic mass is 16.5. The Labute approximate surface area is 175 Å². The first kappa shape index (κ1) is 21.2. The van der Waals surface area contributed by atoms with Crippen LogP contribution in [-0.4, -0.2) is 29.7 Å². The maximum absolute atomic E-state index is 6.18. The molecule has 0 saturated carbocycles. The molecule has 1 unspecified atom stereocenters. The lowest BCUT2D eigenvalue weighted by Gasteiger charge is -2.37. The van der Waals surface area contributed by atoms with Crippen LogP contribution < -0.4 is 9.47 Å². The van der Waals surface area contributed by atoms with E-state index in [-0.39, 0.29) is 5.60 Å². The maximum Gasteiger partial charge on any atom is 0.120 e. The summed E-state index contributed by atoms with van der Waals surface area (Å²) in [6, 6.07) is 17.0. The van der Waals surface area contributed by atoms with Crippen LogP contribution in [0.1, 0.15) is 38.8 Å². The second-order valence-electron chi connectivity index (χ2n) is 8.60. The normalized spacial score (nSPS) is 17.5. The zero-order valence-electron chi connectivity index (χ0n) is 18.2. The number of ether oxygens (including phenoxy) is 2. The van der Waals surface area contributed by atoms with Gasteiger partial charge in [0.1, 0.15) is 23.7 Å². The molecule has 1 heterocycles. The van der Waals surface area contributed by atoms with Gasteiger partial charge < -0.3 is 9.47 Å². The van der Waals surface area contributed by atoms with Gasteiger partial charge in [-0.25, -0.2) is 0 Å². The summed E-state index contributed by atoms with van der Waals surface area (Å²) in [5.41, 5.74) is 3.88. The lowest BCUT2D eigenvalue weighted by Crippen LogP contribution is -2.44. The predicted octanol–water partition coefficient (Wildman–Crippen LogP) is 5.80. The summed E-state index contributed by atoms with van der Waals surface area (Å²) in [7, 11) is 0. The summed E-state index contributed by atoms with van der Waals surface area (Å²) in [6.07, 6.45) is 5.08. The van der Waals surface area contributed by atoms with Crippen molar-refractivity contribution in [3.8, 4) is 11.5 Å². The Hall–Kier alpha value is -2.52. The Morgan fingerprint density at radius 2 is 1.72 bits per heavy atom. The van der Waals surface area contributed by atoms with Crippen molar-refractivity contribution in [3.63, 3.8) is 0 Å². The number of benzene rings is 2. The highest BCUT2D eigenvalue weighted by Gasteiger charge is 2.26. The van der Waals surface area contributed by atoms with Crippen molar-refractivity contribution in [2.24, 2.45) is 0 Å². The van der Waals surface area contributed by atoms with Crippen LogP contribution in [0.3, 0.4) is 0 Å². The second kappa shape index (κ2) is 9.32. The van der Waals surface area contributed by atoms with Gasteiger partial charge in [0.25, 0.3) is 0 Å². The molecule has 154 valence electrons. The van der Waals surface area contributed by atoms with Gasteiger partial charge in [-0.2, -0.15) is 0 Å². The molecule has 0 radical (unpaired) electrons. The molecule has 0 aliphatic carbocycles. The van der Waals surface area contributed by atoms with Crippen LogP contribution in [0.15, 0.2) is 72.8 Å². The van der Waals surface area contributed by atoms with Crippen molar-refractivity contribution >= 4 is 0 Å². The molecule has 0 bridgehead atoms. The summed E-state index contributed by atoms with van der Waals surface area (Å²) in [5, 5.41) is 0. The summed E-state index contributed by atoms with van der Waals surface area (Å²) in [6.45, 7) is 14.7. The molecule has 0 saturated heterocycles. The van der Waals surface area contributed by atoms with E-state index in [0.29, 0.717) is 12.6 Å². The van der Waals surface area contributed by atoms with E-state index in [4.69, 9.17) is 9.47 Å². The third-order valence-electron chi connectivity index (χ3n) is 5.17. The van der Waals surface area contributed by atoms with E-state index in [1.165, 1.54) is 16.7 Å². The van der Waals surface area contributed by atoms with Gasteiger partial charge in [0.05, 0.1) is 0 Å². The molecule has 3 nitrogen and oxygen atoms in total. The molecule has 1 aliphatic heterocycles. The highest BCUT2D eigenvalue weighted by molar-refractivity contribution is 5.33. The molecule has 2 aromatic carbocycles. The van der Waals surface area contributed by atoms with Gasteiger partial charge in [0.15, 0.2) is 0 Å². The lowest BCUT2D eigenvalue weighted by atomic mass is 9.94. The van der Waals surface area contributed by atoms with Crippen molar-refractivity contribution in [3.05, 3.63) is 84.0 Å². The average Bonchev–Trinajstić information content (AvgIpc) is 2.70. The monoisotopic (exact) mass is 391 g/mol. The number of hydrogen-bond donors (Lipinski definition) is 0. The Balaban J connectivity index is 1.69. The molecule has 3 rings (SSSR count). The van der Waals surface area contributed by atoms with Gasteiger partial charge in [0.2, 0.25) is 0 Å². The van der Waals surface area contributed by atoms with Crippen molar-refractivity contribution in [2.45, 2.75) is 52.3 Å². The number of fused-ring (bicyclic) bond motifs is 1. The molecular formula is C26H33NO2. The zero-order chi connectivity index (χ0) is 20.9. The molecular weight excluding hydrogens is 358 g/mol. The van der Waals surface area contributed by atoms with E-state index < -0.39 is 0 Å². The standard InChI is InChI=1S/C26H33NO2/c1-6-20(7-2)17-27-18-22-11-9-8-10-21(22)16-23(27)19-28-24-12-14-25(15-13-24)29-26(3,4)5/h6-15,23H,1,16-19H2,2-5H3. The summed E-state index contributed by atoms with van der Waals surface area (Å²) < 4.78 is 12.1. The van der Waals surface area contributed by atoms with Crippen LogP contribution >= 0.6 is 0 Å². The van der Waals surface area contributed by atoms with Crippen LogP contribution in [0.4, 0.5) is 0 Å². The Morgan fingerprint density at radius 1 is 1.07 bits per heavy atom. The number of nitrogens with zero attached hydrogens (tertiary/aromatic N) is 1. The average molecular weight is 392 g/mol. The fourth-order valence-electron chi connectivity index (χ4n) is 3.65. The molecule has 0 spiro atoms. The van der Waals surface area contributed by atoms with Crippen molar-refractivity contribution in [1.29, 1.82) is 0 Å². The molecule has 0 amide bonds. The predicted molar refractivity (Wildman–Crippen MR) is 121 cm³/mol. The van der Waals surface area contributed by atoms with E-state index in [0.717, 1.165) is 31.0 Å². The van der Waals surface area contributed by atoms with Gasteiger partial charge in [-0.15, -0.1) is 0 Å². The van der Waals surface area contributed by atoms with E-state index >= 15 is 0 Å². The summed E-state index contributed by atoms with van der Waals surface area (Å²) in [5.74, 6) is 1.74. The number of allylic oxidation sites excluding steroid dienone is 1. The molecule has 29 heavy (non-hydrogen) atoms. The first-order valence-corrected chi connectivity index (χ1v) is 10.4. The fraction of sp³-hybridized carbons (Fsp3) is 0.385. The van der Waals surface area contributed by atoms with Crippen LogP contribution in [-0.2, 0) is 13.0 Å². The van der Waals surface area contributed by atoms with Gasteiger partial charge in [-0.1, -0.05) is 43.0 Å². The quantitative estimate of drug-likeness (QED) is 0.557. The Morgan fingerprint density at radius 3 is 2.34 bits per heavy atom. The van der Waals surface area contributed by atoms with Crippen LogP contribution in [0.5, 0.6) is 11.5 Å². The second-order valence-corrected chi connectivity index (χ2v) is 8.60. The van der Waals surface area contributed by atoms with E-state index in [1.54, 1.807) is 0 Å². The first-order chi connectivity index (χ1) is 13.9. The Kier molecular flexibility index (Phi) is 6.81. The molecule has 1 aliphatic rings. The van der Waals surface area contributed by atoms with Crippen molar-refractivity contribution < 1.29 is 9.47 Å². The largest absolute Gasteiger partial charge is 0.492 e. The molecule has 0 fully saturated rings. The Bertz CT molecular complexity index is 846. The molecule has 3 heteroatoms. The van der Waals surface area contributed by atoms with E-state index in [2.05, 4.69) is 69.5 Å². The van der Waals surface area contributed by atoms with Crippen molar-refractivity contribution in [1.82, 2.24) is 4.90 Å². The topological polar surface area (TPSA) is 21.7 Å². The highest BCUT2D eigenvalue weighted by Crippen LogP contribution is 2.26. The minimum Gasteiger partial charge on any atom is -0.492 e. The summed E-state index contributed by atoms with van der Waals surface area (Å²) in [4.78, 5) is 2.50. The van der Waals surface area contributed by atoms with Crippen LogP contribution in [0, 0.1) is 0 Å². The molecule has 1 atom stereocenters. The minimum absolute atomic E-state index is 0.200. The van der Waals surface area contributed by atoms with Gasteiger partial charge >= 0.3 is 0 Å². The van der Waals surface area contributed by atoms with E-state index in [1.807, 2.05) is 30.3 Å². The van der Waals surface area contributed by atoms with Crippen LogP contribution in [0.2, 0.25) is 0 Å². The molecule has 0 aromatic heterocycles. The number of hydrogen-bond acceptors (Lipinski definition) is 3. The molecule has 2 aromatic rings. The minimum atomic E-state index is -0.200. The van der Waals surface area contributed by atoms with Crippen molar-refractivity contribution in [2.75, 3.05) is 13.2 Å². The summed E-state index contributed by atoms with van der Waals surface area (Å²) >= 11 is 0. The smallest absolute Gasteiger partial charge is 0.120 e. The fourth-order valence-corrected chi connectivity index (χ4v) is 3.65. The lowest BCUT2D eigenvalue weighted by molar-refractivity contribution is 0.125. The molecule has 0 N–H and O–H groups in total. The van der Waals surface area contributed by atoms with Gasteiger partial charge in [0, 0.05) is 19.1 Å². The van der Waals surface area contributed by atoms with E-state index in [9.17, 15) is 0 Å². The zero-order valence-corrected chi connectivity index (χ0v) is 18.2. The first-order valence-electron chi connectivity index (χ1n) is 10.4. The SMILES string of the molecule is C=CC(=CC)CN1Cc2ccccc2CC1COc1ccc(OC(C)(C)C)cc1. The maximum atomic E-state index is 6.18. The van der Waals surface area contributed by atoms with Crippen LogP contribution in [0.25, 0.3) is 0 Å². The van der Waals surface area contributed by atoms with Gasteiger partial charge in [-0.3, -0.25) is 4.90 Å². The third kappa shape index (κ3) is 5.98. The third-order valence-corrected chi connectivity index (χ3v) is 5.17. The number of rotatable bonds is 7. The van der Waals surface area contributed by atoms with Gasteiger partial charge in [-0.05, 0) is 75.1 Å².